The van der Waals surface area contributed by atoms with Crippen LogP contribution < -0.4 is 25.2 Å². The second-order valence-corrected chi connectivity index (χ2v) is 21.9. The van der Waals surface area contributed by atoms with Crippen LogP contribution in [0, 0.1) is 11.8 Å². The number of aryl methyl sites for hydroxylation is 1. The van der Waals surface area contributed by atoms with Crippen molar-refractivity contribution in [2.45, 2.75) is 75.8 Å². The zero-order valence-electron chi connectivity index (χ0n) is 42.2. The molecule has 3 aliphatic heterocycles. The van der Waals surface area contributed by atoms with E-state index in [0.29, 0.717) is 73.5 Å². The molecule has 3 amide bonds. The number of aromatic carboxylic acids is 1. The summed E-state index contributed by atoms with van der Waals surface area (Å²) >= 11 is 1.37. The molecule has 16 nitrogen and oxygen atoms in total. The molecule has 20 heteroatoms. The largest absolute Gasteiger partial charge is 0.490 e. The van der Waals surface area contributed by atoms with E-state index in [2.05, 4.69) is 36.5 Å². The molecule has 2 aliphatic carbocycles. The number of aromatic nitrogens is 4. The second-order valence-electron chi connectivity index (χ2n) is 20.8. The van der Waals surface area contributed by atoms with Gasteiger partial charge >= 0.3 is 12.1 Å². The third-order valence-electron chi connectivity index (χ3n) is 16.2. The van der Waals surface area contributed by atoms with Crippen molar-refractivity contribution in [3.05, 3.63) is 125 Å². The number of amides is 3. The van der Waals surface area contributed by atoms with Crippen LogP contribution >= 0.6 is 11.3 Å². The number of fused-ring (bicyclic) bond motifs is 4. The van der Waals surface area contributed by atoms with E-state index in [0.717, 1.165) is 89.6 Å². The summed E-state index contributed by atoms with van der Waals surface area (Å²) in [6, 6.07) is 25.8. The van der Waals surface area contributed by atoms with E-state index in [4.69, 9.17) is 14.6 Å². The maximum atomic E-state index is 14.9. The highest BCUT2D eigenvalue weighted by atomic mass is 32.1. The molecule has 3 unspecified atom stereocenters. The Morgan fingerprint density at radius 2 is 1.61 bits per heavy atom. The lowest BCUT2D eigenvalue weighted by molar-refractivity contribution is -0.137. The average molecular weight is 1070 g/mol. The van der Waals surface area contributed by atoms with Crippen LogP contribution in [0.15, 0.2) is 91.0 Å². The van der Waals surface area contributed by atoms with E-state index >= 15 is 0 Å². The van der Waals surface area contributed by atoms with Crippen LogP contribution in [-0.2, 0) is 40.5 Å². The van der Waals surface area contributed by atoms with Crippen molar-refractivity contribution in [1.82, 2.24) is 30.0 Å². The molecule has 0 bridgehead atoms. The van der Waals surface area contributed by atoms with Gasteiger partial charge in [0.1, 0.15) is 11.6 Å². The number of para-hydroxylation sites is 2. The molecule has 2 saturated heterocycles. The smallest absolute Gasteiger partial charge is 0.417 e. The van der Waals surface area contributed by atoms with Gasteiger partial charge in [0.15, 0.2) is 10.8 Å². The minimum atomic E-state index is -4.83. The molecular formula is C57H56F3N9O7S. The van der Waals surface area contributed by atoms with E-state index in [1.807, 2.05) is 65.2 Å². The number of halogens is 3. The number of alkyl halides is 3. The molecule has 0 radical (unpaired) electrons. The van der Waals surface area contributed by atoms with Crippen molar-refractivity contribution < 1.29 is 46.9 Å². The average Bonchev–Trinajstić information content (AvgIpc) is 4.23. The third kappa shape index (κ3) is 10.1. The first-order chi connectivity index (χ1) is 37.2. The maximum absolute atomic E-state index is 14.9. The monoisotopic (exact) mass is 1070 g/mol. The van der Waals surface area contributed by atoms with Gasteiger partial charge in [-0.15, -0.1) is 0 Å². The number of hydrogen-bond donors (Lipinski definition) is 3. The highest BCUT2D eigenvalue weighted by Gasteiger charge is 2.44. The number of carboxylic acid groups (broad SMARTS) is 1. The number of benzene rings is 4. The predicted octanol–water partition coefficient (Wildman–Crippen LogP) is 9.07. The minimum Gasteiger partial charge on any atom is -0.490 e. The highest BCUT2D eigenvalue weighted by Crippen LogP contribution is 2.48. The lowest BCUT2D eigenvalue weighted by atomic mass is 9.92. The molecule has 2 saturated carbocycles. The van der Waals surface area contributed by atoms with Gasteiger partial charge in [0.05, 0.1) is 57.4 Å². The number of carbonyl (C=O) groups is 4. The Labute approximate surface area is 445 Å². The molecular weight excluding hydrogens is 1010 g/mol. The summed E-state index contributed by atoms with van der Waals surface area (Å²) in [5, 5.41) is 21.9. The van der Waals surface area contributed by atoms with Gasteiger partial charge in [-0.05, 0) is 116 Å². The van der Waals surface area contributed by atoms with Crippen LogP contribution in [0.3, 0.4) is 0 Å². The van der Waals surface area contributed by atoms with Crippen molar-refractivity contribution in [2.75, 3.05) is 61.0 Å². The molecule has 12 rings (SSSR count). The minimum absolute atomic E-state index is 0.0735. The number of hydrogen-bond acceptors (Lipinski definition) is 13. The van der Waals surface area contributed by atoms with Gasteiger partial charge < -0.3 is 24.4 Å². The van der Waals surface area contributed by atoms with Crippen molar-refractivity contribution in [1.29, 1.82) is 0 Å². The van der Waals surface area contributed by atoms with Crippen molar-refractivity contribution in [2.24, 2.45) is 18.9 Å². The number of carboxylic acids is 1. The highest BCUT2D eigenvalue weighted by molar-refractivity contribution is 7.22. The number of thiazole rings is 1. The fourth-order valence-electron chi connectivity index (χ4n) is 12.5. The Bertz CT molecular complexity index is 3420. The summed E-state index contributed by atoms with van der Waals surface area (Å²) in [7, 11) is 1.90. The predicted molar refractivity (Wildman–Crippen MR) is 284 cm³/mol. The Morgan fingerprint density at radius 3 is 2.38 bits per heavy atom. The number of nitrogens with one attached hydrogen (secondary N) is 2. The normalized spacial score (nSPS) is 21.8. The molecule has 77 heavy (non-hydrogen) atoms. The molecule has 3 atom stereocenters. The van der Waals surface area contributed by atoms with Gasteiger partial charge in [-0.3, -0.25) is 34.6 Å². The number of rotatable bonds is 13. The number of imide groups is 1. The fourth-order valence-corrected chi connectivity index (χ4v) is 13.3. The van der Waals surface area contributed by atoms with Crippen LogP contribution in [-0.4, -0.2) is 112 Å². The van der Waals surface area contributed by atoms with E-state index in [-0.39, 0.29) is 59.2 Å². The lowest BCUT2D eigenvalue weighted by Gasteiger charge is -2.36. The molecule has 4 fully saturated rings. The molecule has 7 aromatic rings. The topological polar surface area (TPSA) is 184 Å². The number of piperidine rings is 1. The molecule has 6 heterocycles. The van der Waals surface area contributed by atoms with Crippen LogP contribution in [0.4, 0.5) is 29.8 Å². The van der Waals surface area contributed by atoms with Gasteiger partial charge in [0.2, 0.25) is 11.8 Å². The summed E-state index contributed by atoms with van der Waals surface area (Å²) in [6.07, 6.45) is -0.557. The van der Waals surface area contributed by atoms with Gasteiger partial charge in [0, 0.05) is 75.8 Å². The van der Waals surface area contributed by atoms with Crippen molar-refractivity contribution in [3.8, 4) is 16.9 Å². The number of pyridine rings is 1. The van der Waals surface area contributed by atoms with E-state index in [1.54, 1.807) is 6.07 Å². The van der Waals surface area contributed by atoms with Crippen molar-refractivity contribution >= 4 is 72.8 Å². The van der Waals surface area contributed by atoms with E-state index < -0.39 is 29.3 Å². The standard InChI is InChI=1S/C57H56F3N9O7S/c1-66-52-41(50(65-66)42-15-17-49(70)63-54(42)72)8-5-10-46(52)68-22-20-67(21-23-68)24-25-75-36-26-33-28-37(29-34(33)27-36)76-35-12-13-38(44(30-35)57(58,59)60)39-14-16-48(62-51(39)55(73)74)69-19-18-32-6-4-7-40(43(32)31-69)53(71)64-56-61-45-9-2-3-11-47(45)77-56/h2-14,16,30,33-34,36-37,42H,15,17-29,31H2,1H3,(H,73,74)(H,61,64,71)(H,63,70,72). The first-order valence-electron chi connectivity index (χ1n) is 26.2. The Morgan fingerprint density at radius 1 is 0.844 bits per heavy atom. The molecule has 3 N–H and O–H groups in total. The summed E-state index contributed by atoms with van der Waals surface area (Å²) in [4.78, 5) is 66.5. The number of piperazine rings is 1. The van der Waals surface area contributed by atoms with E-state index in [1.165, 1.54) is 35.6 Å². The molecule has 0 spiro atoms. The first kappa shape index (κ1) is 50.4. The fraction of sp³-hybridized carbons (Fsp3) is 0.386. The summed E-state index contributed by atoms with van der Waals surface area (Å²) in [5.74, 6) is -1.80. The molecule has 398 valence electrons. The quantitative estimate of drug-likeness (QED) is 0.0931. The number of carbonyl (C=O) groups excluding carboxylic acids is 3. The van der Waals surface area contributed by atoms with Crippen LogP contribution in [0.25, 0.3) is 32.2 Å². The van der Waals surface area contributed by atoms with Crippen LogP contribution in [0.2, 0.25) is 0 Å². The Hall–Kier alpha value is -7.42. The van der Waals surface area contributed by atoms with Gasteiger partial charge in [0.25, 0.3) is 5.91 Å². The number of anilines is 3. The van der Waals surface area contributed by atoms with Crippen LogP contribution in [0.5, 0.6) is 5.75 Å². The summed E-state index contributed by atoms with van der Waals surface area (Å²) in [5.41, 5.74) is 3.66. The van der Waals surface area contributed by atoms with Crippen molar-refractivity contribution in [3.63, 3.8) is 0 Å². The SMILES string of the molecule is Cn1nc(C2CCC(=O)NC2=O)c2cccc(N3CCN(CCOC4CC5CC(Oc6ccc(-c7ccc(N8CCc9cccc(C(=O)Nc%10nc%11ccccc%11s%10)c9C8)nc7C(=O)O)c(C(F)(F)F)c6)CC5C4)CC3)c21. The Kier molecular flexibility index (Phi) is 13.4. The molecule has 5 aliphatic rings. The zero-order valence-corrected chi connectivity index (χ0v) is 43.0. The summed E-state index contributed by atoms with van der Waals surface area (Å²) in [6.45, 7) is 5.45. The maximum Gasteiger partial charge on any atom is 0.417 e. The van der Waals surface area contributed by atoms with Crippen LogP contribution in [0.1, 0.15) is 87.7 Å². The molecule has 4 aromatic carbocycles. The number of ether oxygens (including phenoxy) is 2. The number of nitrogens with zero attached hydrogens (tertiary/aromatic N) is 7. The molecule has 3 aromatic heterocycles. The third-order valence-corrected chi connectivity index (χ3v) is 17.1. The lowest BCUT2D eigenvalue weighted by Crippen LogP contribution is -2.47. The summed E-state index contributed by atoms with van der Waals surface area (Å²) < 4.78 is 60.3. The Balaban J connectivity index is 0.644. The zero-order chi connectivity index (χ0) is 53.1. The second kappa shape index (κ2) is 20.5. The van der Waals surface area contributed by atoms with E-state index in [9.17, 15) is 37.5 Å². The first-order valence-corrected chi connectivity index (χ1v) is 27.1. The van der Waals surface area contributed by atoms with Gasteiger partial charge in [-0.1, -0.05) is 53.8 Å². The van der Waals surface area contributed by atoms with Gasteiger partial charge in [-0.25, -0.2) is 14.8 Å². The van der Waals surface area contributed by atoms with Gasteiger partial charge in [-0.2, -0.15) is 18.3 Å².